The lowest BCUT2D eigenvalue weighted by molar-refractivity contribution is -0.119. The van der Waals surface area contributed by atoms with Crippen LogP contribution in [0.15, 0.2) is 83.9 Å². The van der Waals surface area contributed by atoms with Crippen LogP contribution < -0.4 is 15.5 Å². The second-order valence-corrected chi connectivity index (χ2v) is 8.61. The third-order valence-corrected chi connectivity index (χ3v) is 6.43. The molecule has 1 aliphatic heterocycles. The molecule has 0 saturated heterocycles. The maximum Gasteiger partial charge on any atom is 0.321 e. The molecule has 164 valence electrons. The van der Waals surface area contributed by atoms with Crippen molar-refractivity contribution >= 4 is 49.8 Å². The molecule has 2 heterocycles. The number of benzodiazepines with no additional fused rings is 1. The van der Waals surface area contributed by atoms with Gasteiger partial charge in [-0.3, -0.25) is 10.1 Å². The molecule has 1 atom stereocenters. The topological polar surface area (TPSA) is 73.8 Å². The predicted octanol–water partition coefficient (Wildman–Crippen LogP) is 5.00. The third kappa shape index (κ3) is 3.96. The standard InChI is InChI=1S/C25H19FN4O2S/c1-30-19-12-6-4-10-17(19)22(16-9-3-5-11-18(16)26)28-23(24(30)31)29-25(32)27-21-14-15-8-2-7-13-20(15)33-21/h2-14,23H,1H3,(H2,27,29,32). The van der Waals surface area contributed by atoms with Crippen molar-refractivity contribution in [2.75, 3.05) is 17.3 Å². The molecule has 3 aromatic carbocycles. The molecule has 1 unspecified atom stereocenters. The molecule has 5 rings (SSSR count). The zero-order valence-electron chi connectivity index (χ0n) is 17.6. The molecule has 33 heavy (non-hydrogen) atoms. The van der Waals surface area contributed by atoms with Crippen molar-refractivity contribution in [3.05, 3.63) is 95.8 Å². The quantitative estimate of drug-likeness (QED) is 0.453. The number of hydrogen-bond acceptors (Lipinski definition) is 4. The first kappa shape index (κ1) is 20.8. The number of urea groups is 1. The number of hydrogen-bond donors (Lipinski definition) is 2. The minimum Gasteiger partial charge on any atom is -0.311 e. The Morgan fingerprint density at radius 1 is 1.00 bits per heavy atom. The summed E-state index contributed by atoms with van der Waals surface area (Å²) >= 11 is 1.43. The highest BCUT2D eigenvalue weighted by Gasteiger charge is 2.31. The van der Waals surface area contributed by atoms with E-state index in [1.54, 1.807) is 49.5 Å². The summed E-state index contributed by atoms with van der Waals surface area (Å²) in [4.78, 5) is 31.9. The van der Waals surface area contributed by atoms with Crippen LogP contribution in [0.25, 0.3) is 10.1 Å². The van der Waals surface area contributed by atoms with Gasteiger partial charge in [0.05, 0.1) is 16.4 Å². The maximum atomic E-state index is 14.7. The Hall–Kier alpha value is -4.04. The number of nitrogens with one attached hydrogen (secondary N) is 2. The van der Waals surface area contributed by atoms with Crippen molar-refractivity contribution in [3.63, 3.8) is 0 Å². The number of fused-ring (bicyclic) bond motifs is 2. The first-order chi connectivity index (χ1) is 16.0. The van der Waals surface area contributed by atoms with Crippen LogP contribution in [0.5, 0.6) is 0 Å². The van der Waals surface area contributed by atoms with Gasteiger partial charge in [-0.2, -0.15) is 0 Å². The van der Waals surface area contributed by atoms with E-state index in [4.69, 9.17) is 0 Å². The van der Waals surface area contributed by atoms with E-state index in [0.29, 0.717) is 22.0 Å². The van der Waals surface area contributed by atoms with Crippen molar-refractivity contribution in [3.8, 4) is 0 Å². The summed E-state index contributed by atoms with van der Waals surface area (Å²) in [6.07, 6.45) is -1.23. The normalized spacial score (nSPS) is 15.6. The fourth-order valence-electron chi connectivity index (χ4n) is 3.80. The van der Waals surface area contributed by atoms with E-state index >= 15 is 0 Å². The van der Waals surface area contributed by atoms with Crippen LogP contribution in [0.4, 0.5) is 19.9 Å². The van der Waals surface area contributed by atoms with Crippen LogP contribution in [-0.2, 0) is 4.79 Å². The highest BCUT2D eigenvalue weighted by Crippen LogP contribution is 2.30. The fourth-order valence-corrected chi connectivity index (χ4v) is 4.76. The van der Waals surface area contributed by atoms with Gasteiger partial charge in [-0.25, -0.2) is 14.2 Å². The number of thiophene rings is 1. The summed E-state index contributed by atoms with van der Waals surface area (Å²) in [5, 5.41) is 7.07. The molecule has 0 spiro atoms. The highest BCUT2D eigenvalue weighted by molar-refractivity contribution is 7.22. The van der Waals surface area contributed by atoms with Crippen LogP contribution >= 0.6 is 11.3 Å². The zero-order chi connectivity index (χ0) is 22.9. The first-order valence-corrected chi connectivity index (χ1v) is 11.1. The highest BCUT2D eigenvalue weighted by atomic mass is 32.1. The molecule has 1 aromatic heterocycles. The van der Waals surface area contributed by atoms with Gasteiger partial charge in [0.2, 0.25) is 6.17 Å². The number of carbonyl (C=O) groups excluding carboxylic acids is 2. The van der Waals surface area contributed by atoms with Crippen LogP contribution in [0.2, 0.25) is 0 Å². The van der Waals surface area contributed by atoms with Crippen LogP contribution in [0, 0.1) is 5.82 Å². The number of para-hydroxylation sites is 1. The summed E-state index contributed by atoms with van der Waals surface area (Å²) in [6.45, 7) is 0. The molecule has 0 bridgehead atoms. The Morgan fingerprint density at radius 3 is 2.48 bits per heavy atom. The lowest BCUT2D eigenvalue weighted by atomic mass is 10.00. The van der Waals surface area contributed by atoms with Crippen LogP contribution in [0.3, 0.4) is 0 Å². The molecule has 0 fully saturated rings. The number of halogens is 1. The zero-order valence-corrected chi connectivity index (χ0v) is 18.4. The second kappa shape index (κ2) is 8.48. The smallest absolute Gasteiger partial charge is 0.311 e. The molecule has 0 saturated carbocycles. The second-order valence-electron chi connectivity index (χ2n) is 7.52. The Kier molecular flexibility index (Phi) is 5.35. The van der Waals surface area contributed by atoms with Crippen molar-refractivity contribution in [1.29, 1.82) is 0 Å². The van der Waals surface area contributed by atoms with Gasteiger partial charge >= 0.3 is 6.03 Å². The lowest BCUT2D eigenvalue weighted by Crippen LogP contribution is -2.47. The van der Waals surface area contributed by atoms with Gasteiger partial charge in [0, 0.05) is 22.9 Å². The molecule has 8 heteroatoms. The van der Waals surface area contributed by atoms with E-state index in [9.17, 15) is 14.0 Å². The van der Waals surface area contributed by atoms with Crippen molar-refractivity contribution in [2.45, 2.75) is 6.17 Å². The van der Waals surface area contributed by atoms with Gasteiger partial charge in [0.15, 0.2) is 0 Å². The Labute approximate surface area is 193 Å². The minimum absolute atomic E-state index is 0.254. The Bertz CT molecular complexity index is 1380. The lowest BCUT2D eigenvalue weighted by Gasteiger charge is -2.20. The van der Waals surface area contributed by atoms with E-state index in [1.165, 1.54) is 22.3 Å². The number of likely N-dealkylation sites (N-methyl/N-ethyl adjacent to an activating group) is 1. The van der Waals surface area contributed by atoms with Gasteiger partial charge in [-0.15, -0.1) is 11.3 Å². The van der Waals surface area contributed by atoms with Gasteiger partial charge in [-0.1, -0.05) is 48.5 Å². The van der Waals surface area contributed by atoms with Crippen molar-refractivity contribution < 1.29 is 14.0 Å². The number of anilines is 2. The van der Waals surface area contributed by atoms with E-state index in [1.807, 2.05) is 30.3 Å². The fraction of sp³-hybridized carbons (Fsp3) is 0.0800. The van der Waals surface area contributed by atoms with Crippen LogP contribution in [0.1, 0.15) is 11.1 Å². The average molecular weight is 459 g/mol. The molecular formula is C25H19FN4O2S. The van der Waals surface area contributed by atoms with E-state index < -0.39 is 23.9 Å². The van der Waals surface area contributed by atoms with Crippen molar-refractivity contribution in [1.82, 2.24) is 5.32 Å². The summed E-state index contributed by atoms with van der Waals surface area (Å²) < 4.78 is 15.7. The van der Waals surface area contributed by atoms with Gasteiger partial charge in [0.1, 0.15) is 5.82 Å². The summed E-state index contributed by atoms with van der Waals surface area (Å²) in [7, 11) is 1.61. The molecular weight excluding hydrogens is 439 g/mol. The van der Waals surface area contributed by atoms with E-state index in [2.05, 4.69) is 15.6 Å². The summed E-state index contributed by atoms with van der Waals surface area (Å²) in [6, 6.07) is 22.5. The summed E-state index contributed by atoms with van der Waals surface area (Å²) in [5.41, 5.74) is 1.74. The molecule has 2 N–H and O–H groups in total. The van der Waals surface area contributed by atoms with Crippen LogP contribution in [-0.4, -0.2) is 30.9 Å². The monoisotopic (exact) mass is 458 g/mol. The SMILES string of the molecule is CN1C(=O)C(NC(=O)Nc2cc3ccccc3s2)N=C(c2ccccc2F)c2ccccc21. The first-order valence-electron chi connectivity index (χ1n) is 10.3. The van der Waals surface area contributed by atoms with E-state index in [0.717, 1.165) is 10.1 Å². The largest absolute Gasteiger partial charge is 0.321 e. The van der Waals surface area contributed by atoms with Gasteiger partial charge in [-0.05, 0) is 35.7 Å². The number of rotatable bonds is 3. The number of carbonyl (C=O) groups is 2. The predicted molar refractivity (Wildman–Crippen MR) is 130 cm³/mol. The molecule has 1 aliphatic rings. The minimum atomic E-state index is -1.23. The van der Waals surface area contributed by atoms with E-state index in [-0.39, 0.29) is 5.56 Å². The third-order valence-electron chi connectivity index (χ3n) is 5.40. The number of nitrogens with zero attached hydrogens (tertiary/aromatic N) is 2. The molecule has 6 nitrogen and oxygen atoms in total. The van der Waals surface area contributed by atoms with Gasteiger partial charge < -0.3 is 10.2 Å². The molecule has 4 aromatic rings. The molecule has 3 amide bonds. The average Bonchev–Trinajstić information content (AvgIpc) is 3.19. The summed E-state index contributed by atoms with van der Waals surface area (Å²) in [5.74, 6) is -0.892. The molecule has 0 radical (unpaired) electrons. The number of aliphatic imine (C=N–C) groups is 1. The molecule has 0 aliphatic carbocycles. The Balaban J connectivity index is 1.49. The maximum absolute atomic E-state index is 14.7. The van der Waals surface area contributed by atoms with Crippen molar-refractivity contribution in [2.24, 2.45) is 4.99 Å². The van der Waals surface area contributed by atoms with Gasteiger partial charge in [0.25, 0.3) is 5.91 Å². The number of amides is 3. The Morgan fingerprint density at radius 2 is 1.70 bits per heavy atom. The number of benzene rings is 3.